The van der Waals surface area contributed by atoms with Crippen LogP contribution in [0.15, 0.2) is 42.5 Å². The van der Waals surface area contributed by atoms with Crippen LogP contribution < -0.4 is 4.74 Å². The van der Waals surface area contributed by atoms with Gasteiger partial charge in [-0.1, -0.05) is 0 Å². The average Bonchev–Trinajstić information content (AvgIpc) is 2.45. The van der Waals surface area contributed by atoms with Crippen LogP contribution in [0, 0.1) is 5.82 Å². The van der Waals surface area contributed by atoms with Crippen LogP contribution in [0.4, 0.5) is 4.39 Å². The Kier molecular flexibility index (Phi) is 4.23. The van der Waals surface area contributed by atoms with Crippen molar-refractivity contribution >= 4 is 11.9 Å². The smallest absolute Gasteiger partial charge is 0.188 e. The van der Waals surface area contributed by atoms with E-state index in [0.29, 0.717) is 11.3 Å². The zero-order chi connectivity index (χ0) is 15.4. The average molecular weight is 288 g/mol. The molecule has 0 unspecified atom stereocenters. The number of allylic oxidation sites excluding steroid dienone is 1. The summed E-state index contributed by atoms with van der Waals surface area (Å²) in [7, 11) is 1.44. The first kappa shape index (κ1) is 14.6. The SMILES string of the molecule is COc1cc(O)ccc1/C=C/C(=O)c1ccc(O)cc1F. The molecule has 0 saturated heterocycles. The molecule has 0 spiro atoms. The number of ketones is 1. The lowest BCUT2D eigenvalue weighted by atomic mass is 10.1. The second kappa shape index (κ2) is 6.09. The van der Waals surface area contributed by atoms with Crippen molar-refractivity contribution < 1.29 is 24.1 Å². The van der Waals surface area contributed by atoms with Gasteiger partial charge in [0.2, 0.25) is 0 Å². The molecule has 0 amide bonds. The molecule has 2 rings (SSSR count). The minimum atomic E-state index is -0.790. The van der Waals surface area contributed by atoms with Gasteiger partial charge in [0.25, 0.3) is 0 Å². The first-order valence-corrected chi connectivity index (χ1v) is 6.09. The van der Waals surface area contributed by atoms with E-state index in [1.165, 1.54) is 43.5 Å². The molecule has 0 aromatic heterocycles. The summed E-state index contributed by atoms with van der Waals surface area (Å²) in [5.74, 6) is -1.14. The Labute approximate surface area is 120 Å². The number of phenols is 2. The van der Waals surface area contributed by atoms with Gasteiger partial charge in [0.05, 0.1) is 12.7 Å². The molecule has 0 bridgehead atoms. The van der Waals surface area contributed by atoms with Crippen LogP contribution in [0.5, 0.6) is 17.2 Å². The minimum Gasteiger partial charge on any atom is -0.508 e. The van der Waals surface area contributed by atoms with Crippen molar-refractivity contribution in [2.24, 2.45) is 0 Å². The molecule has 0 aliphatic carbocycles. The lowest BCUT2D eigenvalue weighted by Crippen LogP contribution is -1.98. The highest BCUT2D eigenvalue weighted by molar-refractivity contribution is 6.07. The predicted molar refractivity (Wildman–Crippen MR) is 76.1 cm³/mol. The Morgan fingerprint density at radius 2 is 1.81 bits per heavy atom. The van der Waals surface area contributed by atoms with Gasteiger partial charge in [0, 0.05) is 17.7 Å². The van der Waals surface area contributed by atoms with Crippen LogP contribution in [0.3, 0.4) is 0 Å². The number of carbonyl (C=O) groups excluding carboxylic acids is 1. The van der Waals surface area contributed by atoms with Crippen molar-refractivity contribution in [3.05, 3.63) is 59.4 Å². The van der Waals surface area contributed by atoms with E-state index in [1.807, 2.05) is 0 Å². The van der Waals surface area contributed by atoms with Crippen LogP contribution in [0.25, 0.3) is 6.08 Å². The molecule has 0 radical (unpaired) electrons. The zero-order valence-corrected chi connectivity index (χ0v) is 11.2. The van der Waals surface area contributed by atoms with Crippen molar-refractivity contribution in [2.75, 3.05) is 7.11 Å². The normalized spacial score (nSPS) is 10.8. The molecule has 0 saturated carbocycles. The molecule has 2 aromatic carbocycles. The summed E-state index contributed by atoms with van der Waals surface area (Å²) in [5, 5.41) is 18.5. The fraction of sp³-hybridized carbons (Fsp3) is 0.0625. The summed E-state index contributed by atoms with van der Waals surface area (Å²) in [4.78, 5) is 11.9. The van der Waals surface area contributed by atoms with Crippen LogP contribution in [0.2, 0.25) is 0 Å². The number of benzene rings is 2. The van der Waals surface area contributed by atoms with Gasteiger partial charge in [-0.2, -0.15) is 0 Å². The molecule has 2 aromatic rings. The molecule has 0 aliphatic rings. The number of hydrogen-bond acceptors (Lipinski definition) is 4. The molecule has 0 atom stereocenters. The quantitative estimate of drug-likeness (QED) is 0.670. The number of methoxy groups -OCH3 is 1. The van der Waals surface area contributed by atoms with Gasteiger partial charge in [-0.3, -0.25) is 4.79 Å². The van der Waals surface area contributed by atoms with Gasteiger partial charge in [-0.05, 0) is 36.4 Å². The van der Waals surface area contributed by atoms with Crippen LogP contribution in [-0.4, -0.2) is 23.1 Å². The highest BCUT2D eigenvalue weighted by atomic mass is 19.1. The summed E-state index contributed by atoms with van der Waals surface area (Å²) in [6, 6.07) is 7.77. The van der Waals surface area contributed by atoms with Gasteiger partial charge in [-0.15, -0.1) is 0 Å². The molecule has 0 aliphatic heterocycles. The van der Waals surface area contributed by atoms with E-state index in [4.69, 9.17) is 9.84 Å². The Morgan fingerprint density at radius 3 is 2.48 bits per heavy atom. The number of ether oxygens (including phenoxy) is 1. The largest absolute Gasteiger partial charge is 0.508 e. The first-order valence-electron chi connectivity index (χ1n) is 6.09. The molecule has 0 fully saturated rings. The predicted octanol–water partition coefficient (Wildman–Crippen LogP) is 3.14. The monoisotopic (exact) mass is 288 g/mol. The zero-order valence-electron chi connectivity index (χ0n) is 11.2. The van der Waals surface area contributed by atoms with Gasteiger partial charge in [0.1, 0.15) is 23.1 Å². The topological polar surface area (TPSA) is 66.8 Å². The fourth-order valence-corrected chi connectivity index (χ4v) is 1.80. The van der Waals surface area contributed by atoms with Gasteiger partial charge in [0.15, 0.2) is 5.78 Å². The van der Waals surface area contributed by atoms with E-state index in [2.05, 4.69) is 0 Å². The van der Waals surface area contributed by atoms with E-state index in [1.54, 1.807) is 6.07 Å². The Morgan fingerprint density at radius 1 is 1.14 bits per heavy atom. The second-order valence-electron chi connectivity index (χ2n) is 4.29. The number of carbonyl (C=O) groups is 1. The van der Waals surface area contributed by atoms with Crippen LogP contribution in [-0.2, 0) is 0 Å². The molecular weight excluding hydrogens is 275 g/mol. The van der Waals surface area contributed by atoms with Crippen molar-refractivity contribution in [3.8, 4) is 17.2 Å². The van der Waals surface area contributed by atoms with Crippen LogP contribution >= 0.6 is 0 Å². The van der Waals surface area contributed by atoms with E-state index in [0.717, 1.165) is 6.07 Å². The summed E-state index contributed by atoms with van der Waals surface area (Å²) < 4.78 is 18.6. The number of phenolic OH excluding ortho intramolecular Hbond substituents is 2. The third kappa shape index (κ3) is 3.39. The number of hydrogen-bond donors (Lipinski definition) is 2. The van der Waals surface area contributed by atoms with Gasteiger partial charge >= 0.3 is 0 Å². The van der Waals surface area contributed by atoms with Crippen molar-refractivity contribution in [2.45, 2.75) is 0 Å². The summed E-state index contributed by atoms with van der Waals surface area (Å²) in [5.41, 5.74) is 0.435. The van der Waals surface area contributed by atoms with E-state index in [9.17, 15) is 14.3 Å². The molecule has 0 heterocycles. The van der Waals surface area contributed by atoms with Gasteiger partial charge in [-0.25, -0.2) is 4.39 Å². The van der Waals surface area contributed by atoms with Crippen molar-refractivity contribution in [3.63, 3.8) is 0 Å². The van der Waals surface area contributed by atoms with E-state index in [-0.39, 0.29) is 17.1 Å². The molecule has 108 valence electrons. The first-order chi connectivity index (χ1) is 10.0. The Hall–Kier alpha value is -2.82. The highest BCUT2D eigenvalue weighted by Crippen LogP contribution is 2.25. The molecule has 2 N–H and O–H groups in total. The Balaban J connectivity index is 2.27. The number of aromatic hydroxyl groups is 2. The van der Waals surface area contributed by atoms with Crippen molar-refractivity contribution in [1.82, 2.24) is 0 Å². The minimum absolute atomic E-state index is 0.0416. The second-order valence-corrected chi connectivity index (χ2v) is 4.29. The third-order valence-electron chi connectivity index (χ3n) is 2.85. The van der Waals surface area contributed by atoms with E-state index < -0.39 is 11.6 Å². The standard InChI is InChI=1S/C16H13FO4/c1-21-16-9-12(19)4-2-10(16)3-7-15(20)13-6-5-11(18)8-14(13)17/h2-9,18-19H,1H3/b7-3+. The van der Waals surface area contributed by atoms with Crippen LogP contribution in [0.1, 0.15) is 15.9 Å². The molecular formula is C16H13FO4. The molecule has 5 heteroatoms. The summed E-state index contributed by atoms with van der Waals surface area (Å²) in [6.07, 6.45) is 2.66. The fourth-order valence-electron chi connectivity index (χ4n) is 1.80. The maximum absolute atomic E-state index is 13.6. The molecule has 4 nitrogen and oxygen atoms in total. The number of rotatable bonds is 4. The maximum Gasteiger partial charge on any atom is 0.188 e. The maximum atomic E-state index is 13.6. The van der Waals surface area contributed by atoms with Gasteiger partial charge < -0.3 is 14.9 Å². The Bertz CT molecular complexity index is 707. The van der Waals surface area contributed by atoms with Crippen molar-refractivity contribution in [1.29, 1.82) is 0 Å². The lowest BCUT2D eigenvalue weighted by Gasteiger charge is -2.05. The number of halogens is 1. The van der Waals surface area contributed by atoms with E-state index >= 15 is 0 Å². The highest BCUT2D eigenvalue weighted by Gasteiger charge is 2.10. The third-order valence-corrected chi connectivity index (χ3v) is 2.85. The molecule has 21 heavy (non-hydrogen) atoms. The lowest BCUT2D eigenvalue weighted by molar-refractivity contribution is 0.104. The summed E-state index contributed by atoms with van der Waals surface area (Å²) >= 11 is 0. The summed E-state index contributed by atoms with van der Waals surface area (Å²) in [6.45, 7) is 0.